The van der Waals surface area contributed by atoms with Gasteiger partial charge in [0, 0.05) is 5.39 Å². The average Bonchev–Trinajstić information content (AvgIpc) is 3.08. The molecule has 0 radical (unpaired) electrons. The predicted molar refractivity (Wildman–Crippen MR) is 100 cm³/mol. The lowest BCUT2D eigenvalue weighted by atomic mass is 10.0. The Morgan fingerprint density at radius 2 is 1.96 bits per heavy atom. The summed E-state index contributed by atoms with van der Waals surface area (Å²) in [6.07, 6.45) is 1.77. The maximum Gasteiger partial charge on any atom is 0.149 e. The Kier molecular flexibility index (Phi) is 3.86. The molecule has 5 heteroatoms. The third-order valence-electron chi connectivity index (χ3n) is 4.26. The number of rotatable bonds is 3. The second-order valence-corrected chi connectivity index (χ2v) is 5.82. The van der Waals surface area contributed by atoms with E-state index in [1.54, 1.807) is 19.3 Å². The molecule has 0 aliphatic heterocycles. The van der Waals surface area contributed by atoms with E-state index in [2.05, 4.69) is 16.0 Å². The fourth-order valence-corrected chi connectivity index (χ4v) is 3.02. The molecule has 0 atom stereocenters. The molecule has 0 amide bonds. The van der Waals surface area contributed by atoms with Crippen LogP contribution in [0.4, 0.5) is 4.39 Å². The molecule has 26 heavy (non-hydrogen) atoms. The number of fused-ring (bicyclic) bond motifs is 2. The van der Waals surface area contributed by atoms with Crippen LogP contribution in [0.15, 0.2) is 54.6 Å². The fourth-order valence-electron chi connectivity index (χ4n) is 3.02. The minimum absolute atomic E-state index is 0.351. The molecule has 3 aromatic carbocycles. The van der Waals surface area contributed by atoms with Crippen LogP contribution in [0.25, 0.3) is 33.5 Å². The first kappa shape index (κ1) is 15.9. The van der Waals surface area contributed by atoms with Crippen LogP contribution in [0.1, 0.15) is 11.4 Å². The molecule has 1 N–H and O–H groups in total. The van der Waals surface area contributed by atoms with Gasteiger partial charge in [-0.15, -0.1) is 0 Å². The van der Waals surface area contributed by atoms with E-state index in [1.165, 1.54) is 12.1 Å². The Labute approximate surface area is 149 Å². The van der Waals surface area contributed by atoms with Gasteiger partial charge >= 0.3 is 0 Å². The van der Waals surface area contributed by atoms with Crippen molar-refractivity contribution in [1.29, 1.82) is 5.26 Å². The summed E-state index contributed by atoms with van der Waals surface area (Å²) in [6, 6.07) is 18.1. The summed E-state index contributed by atoms with van der Waals surface area (Å²) in [4.78, 5) is 7.41. The van der Waals surface area contributed by atoms with Crippen LogP contribution in [0.5, 0.6) is 5.75 Å². The van der Waals surface area contributed by atoms with Crippen LogP contribution in [0.2, 0.25) is 0 Å². The van der Waals surface area contributed by atoms with Gasteiger partial charge in [-0.2, -0.15) is 5.26 Å². The van der Waals surface area contributed by atoms with Crippen molar-refractivity contribution in [3.8, 4) is 11.8 Å². The highest BCUT2D eigenvalue weighted by atomic mass is 19.1. The van der Waals surface area contributed by atoms with E-state index in [4.69, 9.17) is 4.74 Å². The van der Waals surface area contributed by atoms with Crippen molar-refractivity contribution < 1.29 is 9.13 Å². The molecule has 126 valence electrons. The Morgan fingerprint density at radius 3 is 2.73 bits per heavy atom. The summed E-state index contributed by atoms with van der Waals surface area (Å²) in [7, 11) is 1.63. The topological polar surface area (TPSA) is 61.7 Å². The van der Waals surface area contributed by atoms with Gasteiger partial charge in [-0.25, -0.2) is 9.37 Å². The largest absolute Gasteiger partial charge is 0.496 e. The van der Waals surface area contributed by atoms with Crippen LogP contribution >= 0.6 is 0 Å². The van der Waals surface area contributed by atoms with Gasteiger partial charge in [-0.1, -0.05) is 30.3 Å². The van der Waals surface area contributed by atoms with Crippen molar-refractivity contribution in [2.45, 2.75) is 0 Å². The second kappa shape index (κ2) is 6.34. The average molecular weight is 343 g/mol. The van der Waals surface area contributed by atoms with Crippen LogP contribution in [0.3, 0.4) is 0 Å². The van der Waals surface area contributed by atoms with Gasteiger partial charge in [0.2, 0.25) is 0 Å². The Bertz CT molecular complexity index is 1200. The second-order valence-electron chi connectivity index (χ2n) is 5.82. The lowest BCUT2D eigenvalue weighted by Crippen LogP contribution is -1.89. The minimum Gasteiger partial charge on any atom is -0.496 e. The number of hydrogen-bond acceptors (Lipinski definition) is 3. The zero-order chi connectivity index (χ0) is 18.1. The lowest BCUT2D eigenvalue weighted by molar-refractivity contribution is 0.420. The molecule has 0 aliphatic rings. The number of nitrogens with one attached hydrogen (secondary N) is 1. The summed E-state index contributed by atoms with van der Waals surface area (Å²) in [6.45, 7) is 0. The number of ether oxygens (including phenoxy) is 1. The van der Waals surface area contributed by atoms with Crippen molar-refractivity contribution >= 4 is 33.5 Å². The van der Waals surface area contributed by atoms with Crippen molar-refractivity contribution in [3.63, 3.8) is 0 Å². The first-order valence-corrected chi connectivity index (χ1v) is 8.03. The molecule has 0 saturated heterocycles. The van der Waals surface area contributed by atoms with Gasteiger partial charge in [-0.05, 0) is 41.3 Å². The van der Waals surface area contributed by atoms with Gasteiger partial charge in [0.05, 0.1) is 23.7 Å². The number of benzene rings is 3. The van der Waals surface area contributed by atoms with Crippen molar-refractivity contribution in [1.82, 2.24) is 9.97 Å². The van der Waals surface area contributed by atoms with Crippen molar-refractivity contribution in [2.24, 2.45) is 0 Å². The van der Waals surface area contributed by atoms with Crippen LogP contribution in [0, 0.1) is 17.1 Å². The number of allylic oxidation sites excluding steroid dienone is 1. The lowest BCUT2D eigenvalue weighted by Gasteiger charge is -2.08. The molecule has 0 bridgehead atoms. The van der Waals surface area contributed by atoms with E-state index >= 15 is 0 Å². The number of aromatic nitrogens is 2. The molecule has 0 fully saturated rings. The molecule has 4 nitrogen and oxygen atoms in total. The number of nitriles is 1. The van der Waals surface area contributed by atoms with Gasteiger partial charge in [0.1, 0.15) is 23.5 Å². The molecule has 0 spiro atoms. The van der Waals surface area contributed by atoms with E-state index in [0.717, 1.165) is 22.1 Å². The monoisotopic (exact) mass is 343 g/mol. The van der Waals surface area contributed by atoms with E-state index in [-0.39, 0.29) is 5.82 Å². The van der Waals surface area contributed by atoms with Crippen LogP contribution in [-0.4, -0.2) is 17.1 Å². The quantitative estimate of drug-likeness (QED) is 0.537. The third kappa shape index (κ3) is 2.68. The van der Waals surface area contributed by atoms with E-state index < -0.39 is 0 Å². The van der Waals surface area contributed by atoms with Crippen LogP contribution < -0.4 is 4.74 Å². The summed E-state index contributed by atoms with van der Waals surface area (Å²) >= 11 is 0. The Hall–Kier alpha value is -3.65. The molecule has 0 saturated carbocycles. The highest BCUT2D eigenvalue weighted by Crippen LogP contribution is 2.30. The molecular formula is C21H14FN3O. The Balaban J connectivity index is 1.88. The first-order valence-electron chi connectivity index (χ1n) is 8.03. The number of aromatic amines is 1. The third-order valence-corrected chi connectivity index (χ3v) is 4.26. The summed E-state index contributed by atoms with van der Waals surface area (Å²) < 4.78 is 18.8. The maximum absolute atomic E-state index is 13.4. The molecule has 4 aromatic rings. The number of H-pyrrole nitrogens is 1. The van der Waals surface area contributed by atoms with Gasteiger partial charge in [-0.3, -0.25) is 0 Å². The van der Waals surface area contributed by atoms with Crippen LogP contribution in [-0.2, 0) is 0 Å². The SMILES string of the molecule is COc1ccc(/C=C(/C#N)c2nc3ccc(F)cc3[nH]2)c2ccccc12. The highest BCUT2D eigenvalue weighted by Gasteiger charge is 2.11. The molecule has 4 rings (SSSR count). The van der Waals surface area contributed by atoms with Gasteiger partial charge < -0.3 is 9.72 Å². The Morgan fingerprint density at radius 1 is 1.15 bits per heavy atom. The van der Waals surface area contributed by atoms with Crippen molar-refractivity contribution in [2.75, 3.05) is 7.11 Å². The zero-order valence-electron chi connectivity index (χ0n) is 14.0. The number of imidazole rings is 1. The summed E-state index contributed by atoms with van der Waals surface area (Å²) in [5.41, 5.74) is 2.42. The number of methoxy groups -OCH3 is 1. The van der Waals surface area contributed by atoms with Crippen molar-refractivity contribution in [3.05, 3.63) is 71.8 Å². The molecule has 1 aromatic heterocycles. The van der Waals surface area contributed by atoms with Gasteiger partial charge in [0.25, 0.3) is 0 Å². The number of hydrogen-bond donors (Lipinski definition) is 1. The maximum atomic E-state index is 13.4. The van der Waals surface area contributed by atoms with E-state index in [0.29, 0.717) is 22.4 Å². The smallest absolute Gasteiger partial charge is 0.149 e. The summed E-state index contributed by atoms with van der Waals surface area (Å²) in [5.74, 6) is 0.833. The molecule has 0 unspecified atom stereocenters. The minimum atomic E-state index is -0.351. The molecule has 1 heterocycles. The fraction of sp³-hybridized carbons (Fsp3) is 0.0476. The first-order chi connectivity index (χ1) is 12.7. The number of nitrogens with zero attached hydrogens (tertiary/aromatic N) is 2. The zero-order valence-corrected chi connectivity index (χ0v) is 14.0. The van der Waals surface area contributed by atoms with Gasteiger partial charge in [0.15, 0.2) is 0 Å². The van der Waals surface area contributed by atoms with E-state index in [1.807, 2.05) is 36.4 Å². The predicted octanol–water partition coefficient (Wildman–Crippen LogP) is 4.93. The number of halogens is 1. The molecule has 0 aliphatic carbocycles. The molecular weight excluding hydrogens is 329 g/mol. The standard InChI is InChI=1S/C21H14FN3O/c1-26-20-9-6-13(16-4-2-3-5-17(16)20)10-14(12-23)21-24-18-8-7-15(22)11-19(18)25-21/h2-11H,1H3,(H,24,25)/b14-10-. The highest BCUT2D eigenvalue weighted by molar-refractivity contribution is 6.00. The summed E-state index contributed by atoms with van der Waals surface area (Å²) in [5, 5.41) is 11.6. The normalized spacial score (nSPS) is 11.7. The van der Waals surface area contributed by atoms with E-state index in [9.17, 15) is 9.65 Å².